The highest BCUT2D eigenvalue weighted by atomic mass is 32.2. The summed E-state index contributed by atoms with van der Waals surface area (Å²) >= 11 is 0. The minimum atomic E-state index is -3.43. The molecule has 2 rings (SSSR count). The number of nitrogens with one attached hydrogen (secondary N) is 1. The molecule has 1 aliphatic rings. The van der Waals surface area contributed by atoms with Crippen LogP contribution < -0.4 is 11.3 Å². The summed E-state index contributed by atoms with van der Waals surface area (Å²) < 4.78 is 26.4. The Morgan fingerprint density at radius 3 is 2.78 bits per heavy atom. The van der Waals surface area contributed by atoms with Crippen LogP contribution in [0.3, 0.4) is 0 Å². The lowest BCUT2D eigenvalue weighted by Crippen LogP contribution is -2.41. The van der Waals surface area contributed by atoms with Crippen molar-refractivity contribution in [3.63, 3.8) is 0 Å². The zero-order valence-electron chi connectivity index (χ0n) is 10.3. The summed E-state index contributed by atoms with van der Waals surface area (Å²) in [5, 5.41) is 0. The van der Waals surface area contributed by atoms with Crippen molar-refractivity contribution in [1.29, 1.82) is 0 Å². The Hall–Kier alpha value is -1.18. The highest BCUT2D eigenvalue weighted by Gasteiger charge is 2.30. The maximum Gasteiger partial charge on any atom is 0.244 e. The Labute approximate surface area is 107 Å². The molecule has 0 bridgehead atoms. The van der Waals surface area contributed by atoms with Crippen LogP contribution in [0.4, 0.5) is 5.82 Å². The smallest absolute Gasteiger partial charge is 0.244 e. The maximum atomic E-state index is 12.4. The molecule has 6 nitrogen and oxygen atoms in total. The first-order valence-corrected chi connectivity index (χ1v) is 7.44. The number of piperidine rings is 1. The van der Waals surface area contributed by atoms with E-state index in [0.717, 1.165) is 19.3 Å². The molecule has 0 amide bonds. The van der Waals surface area contributed by atoms with Gasteiger partial charge in [-0.15, -0.1) is 0 Å². The number of nitrogens with two attached hydrogens (primary N) is 1. The minimum Gasteiger partial charge on any atom is -0.308 e. The van der Waals surface area contributed by atoms with E-state index in [4.69, 9.17) is 5.84 Å². The van der Waals surface area contributed by atoms with Crippen molar-refractivity contribution in [1.82, 2.24) is 9.29 Å². The standard InChI is InChI=1S/C11H18N4O2S/c1-9-4-2-3-7-15(9)18(16,17)10-5-6-11(14-12)13-8-10/h5-6,8-9H,2-4,7,12H2,1H3,(H,13,14). The van der Waals surface area contributed by atoms with E-state index < -0.39 is 10.0 Å². The third-order valence-electron chi connectivity index (χ3n) is 3.23. The number of nitrogens with zero attached hydrogens (tertiary/aromatic N) is 2. The Morgan fingerprint density at radius 2 is 2.22 bits per heavy atom. The van der Waals surface area contributed by atoms with Crippen LogP contribution in [0.5, 0.6) is 0 Å². The fourth-order valence-corrected chi connectivity index (χ4v) is 3.83. The number of aromatic nitrogens is 1. The second kappa shape index (κ2) is 5.21. The number of sulfonamides is 1. The van der Waals surface area contributed by atoms with Crippen molar-refractivity contribution in [2.75, 3.05) is 12.0 Å². The van der Waals surface area contributed by atoms with Gasteiger partial charge in [0.2, 0.25) is 10.0 Å². The summed E-state index contributed by atoms with van der Waals surface area (Å²) in [4.78, 5) is 4.16. The molecule has 2 heterocycles. The number of hydrazine groups is 1. The van der Waals surface area contributed by atoms with Crippen LogP contribution in [-0.4, -0.2) is 30.3 Å². The number of rotatable bonds is 3. The van der Waals surface area contributed by atoms with Gasteiger partial charge in [-0.25, -0.2) is 19.2 Å². The van der Waals surface area contributed by atoms with Crippen LogP contribution in [0, 0.1) is 0 Å². The Morgan fingerprint density at radius 1 is 1.44 bits per heavy atom. The maximum absolute atomic E-state index is 12.4. The van der Waals surface area contributed by atoms with Crippen LogP contribution in [0.15, 0.2) is 23.2 Å². The third-order valence-corrected chi connectivity index (χ3v) is 5.23. The average Bonchev–Trinajstić information content (AvgIpc) is 2.39. The first-order valence-electron chi connectivity index (χ1n) is 6.00. The molecule has 1 aromatic rings. The van der Waals surface area contributed by atoms with Gasteiger partial charge in [0.05, 0.1) is 0 Å². The van der Waals surface area contributed by atoms with Gasteiger partial charge in [0, 0.05) is 18.8 Å². The molecule has 18 heavy (non-hydrogen) atoms. The summed E-state index contributed by atoms with van der Waals surface area (Å²) in [6.45, 7) is 2.53. The molecule has 0 radical (unpaired) electrons. The number of anilines is 1. The fourth-order valence-electron chi connectivity index (χ4n) is 2.18. The van der Waals surface area contributed by atoms with E-state index in [1.54, 1.807) is 10.4 Å². The molecular formula is C11H18N4O2S. The lowest BCUT2D eigenvalue weighted by atomic mass is 10.1. The van der Waals surface area contributed by atoms with Gasteiger partial charge in [-0.05, 0) is 31.9 Å². The summed E-state index contributed by atoms with van der Waals surface area (Å²) in [6.07, 6.45) is 4.25. The molecule has 1 unspecified atom stereocenters. The predicted octanol–water partition coefficient (Wildman–Crippen LogP) is 0.930. The molecule has 3 N–H and O–H groups in total. The molecule has 0 aliphatic carbocycles. The van der Waals surface area contributed by atoms with Crippen molar-refractivity contribution in [2.45, 2.75) is 37.1 Å². The second-order valence-corrected chi connectivity index (χ2v) is 6.37. The summed E-state index contributed by atoms with van der Waals surface area (Å²) in [5.74, 6) is 5.65. The van der Waals surface area contributed by atoms with Crippen molar-refractivity contribution in [2.24, 2.45) is 5.84 Å². The summed E-state index contributed by atoms with van der Waals surface area (Å²) in [7, 11) is -3.43. The molecule has 1 saturated heterocycles. The normalized spacial score (nSPS) is 21.8. The van der Waals surface area contributed by atoms with E-state index in [9.17, 15) is 8.42 Å². The van der Waals surface area contributed by atoms with Crippen LogP contribution in [0.25, 0.3) is 0 Å². The van der Waals surface area contributed by atoms with Gasteiger partial charge in [0.15, 0.2) is 0 Å². The van der Waals surface area contributed by atoms with E-state index in [1.165, 1.54) is 12.3 Å². The quantitative estimate of drug-likeness (QED) is 0.630. The lowest BCUT2D eigenvalue weighted by Gasteiger charge is -2.32. The highest BCUT2D eigenvalue weighted by Crippen LogP contribution is 2.24. The molecule has 1 aliphatic heterocycles. The molecular weight excluding hydrogens is 252 g/mol. The van der Waals surface area contributed by atoms with Crippen molar-refractivity contribution in [3.8, 4) is 0 Å². The van der Waals surface area contributed by atoms with Gasteiger partial charge in [0.1, 0.15) is 10.7 Å². The van der Waals surface area contributed by atoms with E-state index in [-0.39, 0.29) is 10.9 Å². The molecule has 1 atom stereocenters. The van der Waals surface area contributed by atoms with Gasteiger partial charge < -0.3 is 5.43 Å². The third kappa shape index (κ3) is 2.47. The Kier molecular flexibility index (Phi) is 3.84. The first-order chi connectivity index (χ1) is 8.55. The van der Waals surface area contributed by atoms with Gasteiger partial charge in [0.25, 0.3) is 0 Å². The predicted molar refractivity (Wildman–Crippen MR) is 69.3 cm³/mol. The Balaban J connectivity index is 2.28. The monoisotopic (exact) mass is 270 g/mol. The SMILES string of the molecule is CC1CCCCN1S(=O)(=O)c1ccc(NN)nc1. The van der Waals surface area contributed by atoms with E-state index >= 15 is 0 Å². The molecule has 0 saturated carbocycles. The molecule has 7 heteroatoms. The molecule has 1 fully saturated rings. The fraction of sp³-hybridized carbons (Fsp3) is 0.545. The van der Waals surface area contributed by atoms with Crippen molar-refractivity contribution >= 4 is 15.8 Å². The van der Waals surface area contributed by atoms with Gasteiger partial charge in [-0.2, -0.15) is 4.31 Å². The largest absolute Gasteiger partial charge is 0.308 e. The van der Waals surface area contributed by atoms with E-state index in [0.29, 0.717) is 12.4 Å². The molecule has 0 spiro atoms. The average molecular weight is 270 g/mol. The van der Waals surface area contributed by atoms with Gasteiger partial charge >= 0.3 is 0 Å². The molecule has 0 aromatic carbocycles. The lowest BCUT2D eigenvalue weighted by molar-refractivity contribution is 0.268. The molecule has 100 valence electrons. The number of hydrogen-bond acceptors (Lipinski definition) is 5. The van der Waals surface area contributed by atoms with E-state index in [1.807, 2.05) is 6.92 Å². The van der Waals surface area contributed by atoms with Crippen molar-refractivity contribution < 1.29 is 8.42 Å². The zero-order chi connectivity index (χ0) is 13.2. The topological polar surface area (TPSA) is 88.3 Å². The van der Waals surface area contributed by atoms with Crippen molar-refractivity contribution in [3.05, 3.63) is 18.3 Å². The Bertz CT molecular complexity index is 500. The number of nitrogen functional groups attached to an aromatic ring is 1. The summed E-state index contributed by atoms with van der Waals surface area (Å²) in [6, 6.07) is 3.14. The van der Waals surface area contributed by atoms with Crippen LogP contribution >= 0.6 is 0 Å². The van der Waals surface area contributed by atoms with Gasteiger partial charge in [-0.3, -0.25) is 0 Å². The second-order valence-electron chi connectivity index (χ2n) is 4.48. The highest BCUT2D eigenvalue weighted by molar-refractivity contribution is 7.89. The zero-order valence-corrected chi connectivity index (χ0v) is 11.2. The summed E-state index contributed by atoms with van der Waals surface area (Å²) in [5.41, 5.74) is 2.37. The van der Waals surface area contributed by atoms with Crippen LogP contribution in [-0.2, 0) is 10.0 Å². The first kappa shape index (κ1) is 13.3. The van der Waals surface area contributed by atoms with Crippen LogP contribution in [0.2, 0.25) is 0 Å². The number of hydrogen-bond donors (Lipinski definition) is 2. The minimum absolute atomic E-state index is 0.0519. The van der Waals surface area contributed by atoms with Gasteiger partial charge in [-0.1, -0.05) is 6.42 Å². The molecule has 1 aromatic heterocycles. The van der Waals surface area contributed by atoms with Crippen LogP contribution in [0.1, 0.15) is 26.2 Å². The number of pyridine rings is 1. The van der Waals surface area contributed by atoms with E-state index in [2.05, 4.69) is 10.4 Å².